The summed E-state index contributed by atoms with van der Waals surface area (Å²) in [4.78, 5) is 42.0. The molecule has 4 rings (SSSR count). The molecule has 0 amide bonds. The molecule has 3 heterocycles. The number of nitrogens with one attached hydrogen (secondary N) is 1. The zero-order valence-corrected chi connectivity index (χ0v) is 16.4. The third-order valence-corrected chi connectivity index (χ3v) is 5.97. The fourth-order valence-corrected chi connectivity index (χ4v) is 4.27. The van der Waals surface area contributed by atoms with Crippen LogP contribution >= 0.6 is 0 Å². The summed E-state index contributed by atoms with van der Waals surface area (Å²) in [6.07, 6.45) is 6.28. The first-order valence-corrected chi connectivity index (χ1v) is 9.64. The van der Waals surface area contributed by atoms with Crippen LogP contribution in [0.2, 0.25) is 0 Å². The molecule has 148 valence electrons. The van der Waals surface area contributed by atoms with Crippen molar-refractivity contribution in [1.82, 2.24) is 19.9 Å². The molecule has 2 aromatic rings. The van der Waals surface area contributed by atoms with Gasteiger partial charge < -0.3 is 15.0 Å². The number of hydrogen-bond acceptors (Lipinski definition) is 6. The fourth-order valence-electron chi connectivity index (χ4n) is 4.27. The lowest BCUT2D eigenvalue weighted by atomic mass is 9.76. The Bertz CT molecular complexity index is 984. The predicted octanol–water partition coefficient (Wildman–Crippen LogP) is 2.04. The van der Waals surface area contributed by atoms with Gasteiger partial charge in [0.25, 0.3) is 5.56 Å². The predicted molar refractivity (Wildman–Crippen MR) is 104 cm³/mol. The van der Waals surface area contributed by atoms with E-state index in [1.807, 2.05) is 0 Å². The molecule has 1 saturated heterocycles. The van der Waals surface area contributed by atoms with Crippen molar-refractivity contribution in [3.05, 3.63) is 45.5 Å². The van der Waals surface area contributed by atoms with E-state index in [-0.39, 0.29) is 22.1 Å². The largest absolute Gasteiger partial charge is 0.476 e. The van der Waals surface area contributed by atoms with Crippen LogP contribution in [0.15, 0.2) is 17.2 Å². The van der Waals surface area contributed by atoms with Gasteiger partial charge in [-0.1, -0.05) is 20.8 Å². The van der Waals surface area contributed by atoms with E-state index in [0.717, 1.165) is 55.9 Å². The van der Waals surface area contributed by atoms with Gasteiger partial charge >= 0.3 is 5.97 Å². The maximum Gasteiger partial charge on any atom is 0.356 e. The first-order chi connectivity index (χ1) is 13.2. The maximum atomic E-state index is 12.6. The highest BCUT2D eigenvalue weighted by atomic mass is 16.4. The minimum Gasteiger partial charge on any atom is -0.476 e. The highest BCUT2D eigenvalue weighted by molar-refractivity contribution is 5.85. The average molecular weight is 383 g/mol. The summed E-state index contributed by atoms with van der Waals surface area (Å²) in [5.41, 5.74) is 1.44. The van der Waals surface area contributed by atoms with Gasteiger partial charge in [0.1, 0.15) is 11.6 Å². The van der Waals surface area contributed by atoms with Gasteiger partial charge in [0.15, 0.2) is 5.69 Å². The summed E-state index contributed by atoms with van der Waals surface area (Å²) >= 11 is 0. The molecule has 2 aromatic heterocycles. The Morgan fingerprint density at radius 3 is 2.54 bits per heavy atom. The number of piperidine rings is 1. The lowest BCUT2D eigenvalue weighted by molar-refractivity contribution is 0.0690. The Balaban J connectivity index is 1.61. The number of carbonyl (C=O) groups is 1. The normalized spacial score (nSPS) is 18.3. The van der Waals surface area contributed by atoms with Gasteiger partial charge in [0.05, 0.1) is 18.1 Å². The molecular formula is C20H25N5O3. The monoisotopic (exact) mass is 383 g/mol. The summed E-state index contributed by atoms with van der Waals surface area (Å²) in [5, 5.41) is 9.14. The molecule has 0 radical (unpaired) electrons. The summed E-state index contributed by atoms with van der Waals surface area (Å²) in [5.74, 6) is 0.243. The molecule has 2 N–H and O–H groups in total. The van der Waals surface area contributed by atoms with Crippen molar-refractivity contribution < 1.29 is 9.90 Å². The number of carboxylic acids is 1. The third-order valence-electron chi connectivity index (χ3n) is 5.97. The van der Waals surface area contributed by atoms with Crippen LogP contribution in [0.4, 0.5) is 5.82 Å². The van der Waals surface area contributed by atoms with Crippen LogP contribution in [0.5, 0.6) is 0 Å². The zero-order valence-electron chi connectivity index (χ0n) is 16.4. The fraction of sp³-hybridized carbons (Fsp3) is 0.550. The van der Waals surface area contributed by atoms with E-state index >= 15 is 0 Å². The highest BCUT2D eigenvalue weighted by Crippen LogP contribution is 2.45. The SMILES string of the molecule is CC(C)(C)c1nc2c(c(=O)[nH]1)CCC21CCN(c2cncc(C(=O)O)n2)CC1. The van der Waals surface area contributed by atoms with Gasteiger partial charge in [-0.15, -0.1) is 0 Å². The third kappa shape index (κ3) is 3.06. The van der Waals surface area contributed by atoms with Crippen molar-refractivity contribution in [3.63, 3.8) is 0 Å². The van der Waals surface area contributed by atoms with Gasteiger partial charge in [-0.2, -0.15) is 0 Å². The van der Waals surface area contributed by atoms with E-state index < -0.39 is 5.97 Å². The van der Waals surface area contributed by atoms with Crippen LogP contribution < -0.4 is 10.5 Å². The van der Waals surface area contributed by atoms with Gasteiger partial charge in [-0.25, -0.2) is 14.8 Å². The number of rotatable bonds is 2. The molecule has 1 spiro atoms. The Morgan fingerprint density at radius 2 is 1.89 bits per heavy atom. The Kier molecular flexibility index (Phi) is 4.24. The van der Waals surface area contributed by atoms with E-state index in [1.165, 1.54) is 6.20 Å². The molecule has 0 unspecified atom stereocenters. The Labute approximate surface area is 163 Å². The van der Waals surface area contributed by atoms with Crippen molar-refractivity contribution in [3.8, 4) is 0 Å². The molecule has 0 atom stereocenters. The Morgan fingerprint density at radius 1 is 1.18 bits per heavy atom. The summed E-state index contributed by atoms with van der Waals surface area (Å²) in [6.45, 7) is 7.62. The number of anilines is 1. The van der Waals surface area contributed by atoms with Crippen LogP contribution in [0.25, 0.3) is 0 Å². The van der Waals surface area contributed by atoms with Crippen LogP contribution in [0.3, 0.4) is 0 Å². The van der Waals surface area contributed by atoms with Crippen LogP contribution in [-0.2, 0) is 17.3 Å². The molecule has 0 aromatic carbocycles. The number of aromatic nitrogens is 4. The molecule has 0 saturated carbocycles. The second-order valence-electron chi connectivity index (χ2n) is 8.83. The molecule has 2 aliphatic rings. The van der Waals surface area contributed by atoms with Crippen LogP contribution in [-0.4, -0.2) is 44.1 Å². The van der Waals surface area contributed by atoms with E-state index in [4.69, 9.17) is 10.1 Å². The zero-order chi connectivity index (χ0) is 20.1. The molecule has 8 heteroatoms. The van der Waals surface area contributed by atoms with Crippen molar-refractivity contribution in [2.24, 2.45) is 0 Å². The number of H-pyrrole nitrogens is 1. The standard InChI is InChI=1S/C20H25N5O3/c1-19(2,3)18-23-15-12(16(26)24-18)4-5-20(15)6-8-25(9-7-20)14-11-21-10-13(22-14)17(27)28/h10-11H,4-9H2,1-3H3,(H,27,28)(H,23,24,26). The minimum absolute atomic E-state index is 0.00532. The van der Waals surface area contributed by atoms with Crippen molar-refractivity contribution in [2.45, 2.75) is 57.3 Å². The highest BCUT2D eigenvalue weighted by Gasteiger charge is 2.44. The van der Waals surface area contributed by atoms with E-state index in [2.05, 4.69) is 40.6 Å². The van der Waals surface area contributed by atoms with E-state index in [9.17, 15) is 9.59 Å². The average Bonchev–Trinajstić information content (AvgIpc) is 3.01. The minimum atomic E-state index is -1.08. The quantitative estimate of drug-likeness (QED) is 0.816. The number of carboxylic acid groups (broad SMARTS) is 1. The van der Waals surface area contributed by atoms with Gasteiger partial charge in [-0.3, -0.25) is 9.78 Å². The smallest absolute Gasteiger partial charge is 0.356 e. The van der Waals surface area contributed by atoms with Crippen LogP contribution in [0, 0.1) is 0 Å². The van der Waals surface area contributed by atoms with Gasteiger partial charge in [-0.05, 0) is 25.7 Å². The molecule has 1 fully saturated rings. The molecule has 28 heavy (non-hydrogen) atoms. The van der Waals surface area contributed by atoms with Gasteiger partial charge in [0, 0.05) is 29.5 Å². The first-order valence-electron chi connectivity index (χ1n) is 9.64. The summed E-state index contributed by atoms with van der Waals surface area (Å²) < 4.78 is 0. The molecular weight excluding hydrogens is 358 g/mol. The number of fused-ring (bicyclic) bond motifs is 2. The lowest BCUT2D eigenvalue weighted by Gasteiger charge is -2.40. The number of nitrogens with zero attached hydrogens (tertiary/aromatic N) is 4. The van der Waals surface area contributed by atoms with Crippen molar-refractivity contribution in [1.29, 1.82) is 0 Å². The molecule has 1 aliphatic carbocycles. The molecule has 1 aliphatic heterocycles. The Hall–Kier alpha value is -2.77. The van der Waals surface area contributed by atoms with E-state index in [0.29, 0.717) is 5.82 Å². The van der Waals surface area contributed by atoms with Crippen molar-refractivity contribution in [2.75, 3.05) is 18.0 Å². The van der Waals surface area contributed by atoms with Crippen LogP contribution in [0.1, 0.15) is 67.6 Å². The first kappa shape index (κ1) is 18.6. The number of aromatic amines is 1. The second kappa shape index (κ2) is 6.39. The lowest BCUT2D eigenvalue weighted by Crippen LogP contribution is -2.43. The van der Waals surface area contributed by atoms with Gasteiger partial charge in [0.2, 0.25) is 0 Å². The second-order valence-corrected chi connectivity index (χ2v) is 8.83. The molecule has 8 nitrogen and oxygen atoms in total. The summed E-state index contributed by atoms with van der Waals surface area (Å²) in [7, 11) is 0. The maximum absolute atomic E-state index is 12.6. The summed E-state index contributed by atoms with van der Waals surface area (Å²) in [6, 6.07) is 0. The van der Waals surface area contributed by atoms with Crippen molar-refractivity contribution >= 4 is 11.8 Å². The molecule has 0 bridgehead atoms. The number of hydrogen-bond donors (Lipinski definition) is 2. The number of aromatic carboxylic acids is 1. The topological polar surface area (TPSA) is 112 Å². The van der Waals surface area contributed by atoms with E-state index in [1.54, 1.807) is 6.20 Å².